The molecule has 0 saturated carbocycles. The number of carbonyl (C=O) groups is 3. The van der Waals surface area contributed by atoms with Gasteiger partial charge in [-0.25, -0.2) is 0 Å². The lowest BCUT2D eigenvalue weighted by Crippen LogP contribution is -2.30. The Bertz CT molecular complexity index is 1760. The van der Waals surface area contributed by atoms with Gasteiger partial charge in [0.2, 0.25) is 0 Å². The fraction of sp³-hybridized carbons (Fsp3) is 0.640. The van der Waals surface area contributed by atoms with Crippen LogP contribution in [0.4, 0.5) is 0 Å². The second-order valence-electron chi connectivity index (χ2n) is 21.6. The zero-order valence-corrected chi connectivity index (χ0v) is 52.5. The summed E-state index contributed by atoms with van der Waals surface area (Å²) in [5, 5.41) is 0. The molecule has 0 radical (unpaired) electrons. The molecule has 0 aromatic rings. The lowest BCUT2D eigenvalue weighted by atomic mass is 10.1. The van der Waals surface area contributed by atoms with Gasteiger partial charge in [0.25, 0.3) is 0 Å². The smallest absolute Gasteiger partial charge is 0.306 e. The zero-order valence-electron chi connectivity index (χ0n) is 52.5. The summed E-state index contributed by atoms with van der Waals surface area (Å²) in [4.78, 5) is 38.3. The van der Waals surface area contributed by atoms with Crippen LogP contribution in [-0.4, -0.2) is 37.2 Å². The predicted octanol–water partition coefficient (Wildman–Crippen LogP) is 23.1. The summed E-state index contributed by atoms with van der Waals surface area (Å²) < 4.78 is 16.9. The summed E-state index contributed by atoms with van der Waals surface area (Å²) in [6.45, 7) is 6.45. The van der Waals surface area contributed by atoms with Crippen molar-refractivity contribution in [2.45, 2.75) is 297 Å². The van der Waals surface area contributed by atoms with E-state index in [1.807, 2.05) is 0 Å². The molecule has 0 rings (SSSR count). The molecule has 6 nitrogen and oxygen atoms in total. The van der Waals surface area contributed by atoms with Crippen molar-refractivity contribution in [3.05, 3.63) is 146 Å². The minimum Gasteiger partial charge on any atom is -0.462 e. The van der Waals surface area contributed by atoms with Gasteiger partial charge in [-0.3, -0.25) is 14.4 Å². The summed E-state index contributed by atoms with van der Waals surface area (Å²) in [5.74, 6) is -0.933. The van der Waals surface area contributed by atoms with Crippen LogP contribution in [0.25, 0.3) is 0 Å². The third kappa shape index (κ3) is 66.0. The van der Waals surface area contributed by atoms with Crippen LogP contribution in [0.1, 0.15) is 290 Å². The third-order valence-corrected chi connectivity index (χ3v) is 13.8. The first-order chi connectivity index (χ1) is 40.0. The topological polar surface area (TPSA) is 78.9 Å². The Morgan fingerprint density at radius 3 is 0.802 bits per heavy atom. The molecule has 1 unspecified atom stereocenters. The van der Waals surface area contributed by atoms with Crippen molar-refractivity contribution in [3.63, 3.8) is 0 Å². The van der Waals surface area contributed by atoms with E-state index in [4.69, 9.17) is 14.2 Å². The summed E-state index contributed by atoms with van der Waals surface area (Å²) in [5.41, 5.74) is 0. The van der Waals surface area contributed by atoms with E-state index in [1.165, 1.54) is 89.9 Å². The van der Waals surface area contributed by atoms with E-state index in [0.717, 1.165) is 161 Å². The number of unbranched alkanes of at least 4 members (excludes halogenated alkanes) is 24. The maximum Gasteiger partial charge on any atom is 0.306 e. The Morgan fingerprint density at radius 2 is 0.494 bits per heavy atom. The number of esters is 3. The number of allylic oxidation sites excluding steroid dienone is 24. The summed E-state index contributed by atoms with van der Waals surface area (Å²) in [7, 11) is 0. The molecule has 0 aliphatic carbocycles. The van der Waals surface area contributed by atoms with E-state index >= 15 is 0 Å². The summed E-state index contributed by atoms with van der Waals surface area (Å²) in [6, 6.07) is 0. The highest BCUT2D eigenvalue weighted by Crippen LogP contribution is 2.14. The van der Waals surface area contributed by atoms with Crippen molar-refractivity contribution in [1.82, 2.24) is 0 Å². The van der Waals surface area contributed by atoms with Gasteiger partial charge in [-0.2, -0.15) is 0 Å². The summed E-state index contributed by atoms with van der Waals surface area (Å²) >= 11 is 0. The maximum atomic E-state index is 12.9. The van der Waals surface area contributed by atoms with E-state index in [-0.39, 0.29) is 31.1 Å². The monoisotopic (exact) mass is 1120 g/mol. The SMILES string of the molecule is CC/C=C\C/C=C\C/C=C\C/C=C\C/C=C\C/C=C\C/C=C\C/C=C\CCCCCCCCC(=O)OCC(COC(=O)CCCCCCC/C=C\CCCC)OC(=O)CCCCCCCC/C=C\C/C=C\C/C=C\CCCCCCC. The molecule has 0 aromatic heterocycles. The standard InChI is InChI=1S/C75H122O6/c1-4-7-10-13-16-19-22-24-26-28-30-32-33-34-35-36-37-38-39-40-41-43-44-46-48-50-53-56-59-62-65-68-74(77)80-71-72(70-79-73(76)67-64-61-58-55-52-21-18-15-12-9-6-3)81-75(78)69-66-63-60-57-54-51-49-47-45-42-31-29-27-25-23-20-17-14-11-8-5-2/h7,10,15-16,18-19,23-26,29-32,34-35,37-38,40-41,44-47,72H,4-6,8-9,11-14,17,20-22,27-28,33,36,39,42-43,48-71H2,1-3H3/b10-7-,18-15-,19-16-,25-23-,26-24-,31-29-,32-30-,35-34-,38-37-,41-40-,46-44-,47-45-. The van der Waals surface area contributed by atoms with Gasteiger partial charge in [-0.05, 0) is 141 Å². The van der Waals surface area contributed by atoms with Gasteiger partial charge in [0, 0.05) is 19.3 Å². The normalized spacial score (nSPS) is 13.1. The van der Waals surface area contributed by atoms with E-state index in [9.17, 15) is 14.4 Å². The molecule has 0 fully saturated rings. The maximum absolute atomic E-state index is 12.9. The number of carbonyl (C=O) groups excluding carboxylic acids is 3. The first-order valence-electron chi connectivity index (χ1n) is 33.3. The van der Waals surface area contributed by atoms with E-state index < -0.39 is 6.10 Å². The first-order valence-corrected chi connectivity index (χ1v) is 33.3. The molecule has 81 heavy (non-hydrogen) atoms. The minimum absolute atomic E-state index is 0.0967. The van der Waals surface area contributed by atoms with Crippen LogP contribution in [0.2, 0.25) is 0 Å². The molecule has 0 heterocycles. The van der Waals surface area contributed by atoms with Gasteiger partial charge in [-0.1, -0.05) is 276 Å². The van der Waals surface area contributed by atoms with Crippen LogP contribution < -0.4 is 0 Å². The molecule has 0 saturated heterocycles. The third-order valence-electron chi connectivity index (χ3n) is 13.8. The van der Waals surface area contributed by atoms with Gasteiger partial charge >= 0.3 is 17.9 Å². The van der Waals surface area contributed by atoms with Gasteiger partial charge in [0.1, 0.15) is 13.2 Å². The van der Waals surface area contributed by atoms with Crippen LogP contribution in [0, 0.1) is 0 Å². The molecule has 0 aromatic carbocycles. The Labute approximate surface area is 499 Å². The Hall–Kier alpha value is -4.71. The Balaban J connectivity index is 4.35. The lowest BCUT2D eigenvalue weighted by molar-refractivity contribution is -0.167. The van der Waals surface area contributed by atoms with Crippen LogP contribution in [0.15, 0.2) is 146 Å². The van der Waals surface area contributed by atoms with Crippen LogP contribution in [0.3, 0.4) is 0 Å². The molecular weight excluding hydrogens is 997 g/mol. The van der Waals surface area contributed by atoms with E-state index in [1.54, 1.807) is 0 Å². The Morgan fingerprint density at radius 1 is 0.259 bits per heavy atom. The fourth-order valence-corrected chi connectivity index (χ4v) is 8.80. The molecule has 1 atom stereocenters. The van der Waals surface area contributed by atoms with Gasteiger partial charge in [-0.15, -0.1) is 0 Å². The molecular formula is C75H122O6. The van der Waals surface area contributed by atoms with Crippen molar-refractivity contribution >= 4 is 17.9 Å². The highest BCUT2D eigenvalue weighted by Gasteiger charge is 2.19. The molecule has 0 N–H and O–H groups in total. The molecule has 0 aliphatic rings. The molecule has 6 heteroatoms. The largest absolute Gasteiger partial charge is 0.462 e. The second kappa shape index (κ2) is 67.8. The predicted molar refractivity (Wildman–Crippen MR) is 352 cm³/mol. The second-order valence-corrected chi connectivity index (χ2v) is 21.6. The molecule has 0 spiro atoms. The summed E-state index contributed by atoms with van der Waals surface area (Å²) in [6.07, 6.45) is 97.1. The van der Waals surface area contributed by atoms with Gasteiger partial charge in [0.05, 0.1) is 0 Å². The average Bonchev–Trinajstić information content (AvgIpc) is 3.47. The fourth-order valence-electron chi connectivity index (χ4n) is 8.80. The number of rotatable bonds is 59. The van der Waals surface area contributed by atoms with Crippen LogP contribution in [-0.2, 0) is 28.6 Å². The average molecular weight is 1120 g/mol. The number of ether oxygens (including phenoxy) is 3. The van der Waals surface area contributed by atoms with Crippen LogP contribution in [0.5, 0.6) is 0 Å². The molecule has 0 bridgehead atoms. The number of hydrogen-bond acceptors (Lipinski definition) is 6. The molecule has 0 amide bonds. The van der Waals surface area contributed by atoms with Gasteiger partial charge < -0.3 is 14.2 Å². The van der Waals surface area contributed by atoms with E-state index in [0.29, 0.717) is 19.3 Å². The Kier molecular flexibility index (Phi) is 63.9. The highest BCUT2D eigenvalue weighted by atomic mass is 16.6. The zero-order chi connectivity index (χ0) is 58.5. The number of hydrogen-bond donors (Lipinski definition) is 0. The van der Waals surface area contributed by atoms with E-state index in [2.05, 4.69) is 167 Å². The highest BCUT2D eigenvalue weighted by molar-refractivity contribution is 5.71. The van der Waals surface area contributed by atoms with Gasteiger partial charge in [0.15, 0.2) is 6.10 Å². The minimum atomic E-state index is -0.801. The molecule has 458 valence electrons. The van der Waals surface area contributed by atoms with Crippen LogP contribution >= 0.6 is 0 Å². The first kappa shape index (κ1) is 76.3. The van der Waals surface area contributed by atoms with Crippen molar-refractivity contribution in [3.8, 4) is 0 Å². The van der Waals surface area contributed by atoms with Crippen molar-refractivity contribution in [2.75, 3.05) is 13.2 Å². The van der Waals surface area contributed by atoms with Crippen molar-refractivity contribution in [1.29, 1.82) is 0 Å². The van der Waals surface area contributed by atoms with Crippen molar-refractivity contribution in [2.24, 2.45) is 0 Å². The lowest BCUT2D eigenvalue weighted by Gasteiger charge is -2.18. The van der Waals surface area contributed by atoms with Crippen molar-refractivity contribution < 1.29 is 28.6 Å². The molecule has 0 aliphatic heterocycles. The quantitative estimate of drug-likeness (QED) is 0.0261.